The highest BCUT2D eigenvalue weighted by Crippen LogP contribution is 2.14. The number of likely N-dealkylation sites (tertiary alicyclic amines) is 1. The van der Waals surface area contributed by atoms with Gasteiger partial charge >= 0.3 is 6.03 Å². The lowest BCUT2D eigenvalue weighted by Gasteiger charge is -2.17. The van der Waals surface area contributed by atoms with Crippen molar-refractivity contribution in [3.05, 3.63) is 52.2 Å². The third kappa shape index (κ3) is 5.06. The summed E-state index contributed by atoms with van der Waals surface area (Å²) >= 11 is 1.59. The first-order valence-electron chi connectivity index (χ1n) is 8.81. The van der Waals surface area contributed by atoms with Gasteiger partial charge in [-0.1, -0.05) is 12.1 Å². The number of nitrogens with one attached hydrogen (secondary N) is 2. The maximum atomic E-state index is 12.2. The molecule has 1 aliphatic heterocycles. The van der Waals surface area contributed by atoms with E-state index in [1.165, 1.54) is 0 Å². The summed E-state index contributed by atoms with van der Waals surface area (Å²) in [5, 5.41) is 9.75. The third-order valence-corrected chi connectivity index (χ3v) is 5.14. The maximum absolute atomic E-state index is 12.2. The van der Waals surface area contributed by atoms with Crippen molar-refractivity contribution in [1.82, 2.24) is 10.2 Å². The van der Waals surface area contributed by atoms with Gasteiger partial charge in [0.15, 0.2) is 0 Å². The Morgan fingerprint density at radius 1 is 1.19 bits per heavy atom. The van der Waals surface area contributed by atoms with Gasteiger partial charge in [0.05, 0.1) is 6.04 Å². The highest BCUT2D eigenvalue weighted by atomic mass is 32.1. The van der Waals surface area contributed by atoms with Gasteiger partial charge < -0.3 is 21.3 Å². The molecule has 4 N–H and O–H groups in total. The zero-order chi connectivity index (χ0) is 18.4. The van der Waals surface area contributed by atoms with E-state index in [4.69, 9.17) is 5.73 Å². The first kappa shape index (κ1) is 18.4. The Morgan fingerprint density at radius 2 is 2.00 bits per heavy atom. The Bertz CT molecular complexity index is 742. The van der Waals surface area contributed by atoms with Crippen LogP contribution in [0.5, 0.6) is 0 Å². The number of amides is 3. The van der Waals surface area contributed by atoms with E-state index in [2.05, 4.69) is 10.6 Å². The Morgan fingerprint density at radius 3 is 2.73 bits per heavy atom. The number of nitrogens with two attached hydrogens (primary N) is 1. The molecular formula is C19H24N4O2S. The van der Waals surface area contributed by atoms with E-state index in [-0.39, 0.29) is 11.9 Å². The van der Waals surface area contributed by atoms with Crippen molar-refractivity contribution in [3.63, 3.8) is 0 Å². The summed E-state index contributed by atoms with van der Waals surface area (Å²) in [6.07, 6.45) is 2.65. The number of hydrogen-bond donors (Lipinski definition) is 3. The fourth-order valence-corrected chi connectivity index (χ4v) is 3.64. The van der Waals surface area contributed by atoms with Crippen LogP contribution in [-0.4, -0.2) is 36.0 Å². The van der Waals surface area contributed by atoms with E-state index in [1.54, 1.807) is 11.3 Å². The fourth-order valence-electron chi connectivity index (χ4n) is 2.96. The molecule has 1 unspecified atom stereocenters. The molecule has 0 radical (unpaired) electrons. The minimum atomic E-state index is -0.567. The lowest BCUT2D eigenvalue weighted by molar-refractivity contribution is -0.122. The SMILES string of the molecule is NC(Cc1ccsc1)C(=O)NCc1cccc(NC(=O)N2CCCC2)c1. The second kappa shape index (κ2) is 8.82. The molecular weight excluding hydrogens is 348 g/mol. The largest absolute Gasteiger partial charge is 0.351 e. The number of urea groups is 1. The van der Waals surface area contributed by atoms with Gasteiger partial charge in [0.2, 0.25) is 5.91 Å². The maximum Gasteiger partial charge on any atom is 0.321 e. The molecule has 1 aliphatic rings. The molecule has 7 heteroatoms. The van der Waals surface area contributed by atoms with Gasteiger partial charge in [-0.15, -0.1) is 0 Å². The van der Waals surface area contributed by atoms with Crippen LogP contribution >= 0.6 is 11.3 Å². The number of carbonyl (C=O) groups excluding carboxylic acids is 2. The Kier molecular flexibility index (Phi) is 6.25. The number of benzene rings is 1. The summed E-state index contributed by atoms with van der Waals surface area (Å²) in [6.45, 7) is 2.00. The molecule has 138 valence electrons. The van der Waals surface area contributed by atoms with E-state index < -0.39 is 6.04 Å². The zero-order valence-corrected chi connectivity index (χ0v) is 15.4. The van der Waals surface area contributed by atoms with Crippen LogP contribution in [0, 0.1) is 0 Å². The molecule has 2 heterocycles. The van der Waals surface area contributed by atoms with Gasteiger partial charge in [-0.2, -0.15) is 11.3 Å². The van der Waals surface area contributed by atoms with Gasteiger partial charge in [0.1, 0.15) is 0 Å². The van der Waals surface area contributed by atoms with Gasteiger partial charge in [-0.25, -0.2) is 4.79 Å². The molecule has 6 nitrogen and oxygen atoms in total. The van der Waals surface area contributed by atoms with Crippen molar-refractivity contribution in [2.75, 3.05) is 18.4 Å². The van der Waals surface area contributed by atoms with Crippen LogP contribution in [0.1, 0.15) is 24.0 Å². The molecule has 1 saturated heterocycles. The quantitative estimate of drug-likeness (QED) is 0.728. The molecule has 0 bridgehead atoms. The first-order chi connectivity index (χ1) is 12.6. The number of anilines is 1. The third-order valence-electron chi connectivity index (χ3n) is 4.41. The fraction of sp³-hybridized carbons (Fsp3) is 0.368. The van der Waals surface area contributed by atoms with Gasteiger partial charge in [0.25, 0.3) is 0 Å². The number of nitrogens with zero attached hydrogens (tertiary/aromatic N) is 1. The van der Waals surface area contributed by atoms with Crippen molar-refractivity contribution in [3.8, 4) is 0 Å². The molecule has 0 spiro atoms. The smallest absolute Gasteiger partial charge is 0.321 e. The average Bonchev–Trinajstić information content (AvgIpc) is 3.33. The summed E-state index contributed by atoms with van der Waals surface area (Å²) in [5.74, 6) is -0.178. The lowest BCUT2D eigenvalue weighted by atomic mass is 10.1. The van der Waals surface area contributed by atoms with Crippen LogP contribution in [-0.2, 0) is 17.8 Å². The molecule has 26 heavy (non-hydrogen) atoms. The minimum Gasteiger partial charge on any atom is -0.351 e. The average molecular weight is 372 g/mol. The number of thiophene rings is 1. The molecule has 0 saturated carbocycles. The summed E-state index contributed by atoms with van der Waals surface area (Å²) in [5.41, 5.74) is 8.69. The van der Waals surface area contributed by atoms with E-state index in [9.17, 15) is 9.59 Å². The monoisotopic (exact) mass is 372 g/mol. The van der Waals surface area contributed by atoms with Crippen molar-refractivity contribution in [2.45, 2.75) is 31.8 Å². The number of rotatable bonds is 6. The van der Waals surface area contributed by atoms with E-state index in [1.807, 2.05) is 46.0 Å². The van der Waals surface area contributed by atoms with Crippen LogP contribution in [0.3, 0.4) is 0 Å². The second-order valence-electron chi connectivity index (χ2n) is 6.48. The topological polar surface area (TPSA) is 87.5 Å². The van der Waals surface area contributed by atoms with Crippen LogP contribution < -0.4 is 16.4 Å². The zero-order valence-electron chi connectivity index (χ0n) is 14.6. The van der Waals surface area contributed by atoms with Gasteiger partial charge in [0, 0.05) is 25.3 Å². The van der Waals surface area contributed by atoms with Crippen LogP contribution in [0.25, 0.3) is 0 Å². The summed E-state index contributed by atoms with van der Waals surface area (Å²) in [7, 11) is 0. The second-order valence-corrected chi connectivity index (χ2v) is 7.26. The van der Waals surface area contributed by atoms with Crippen molar-refractivity contribution in [2.24, 2.45) is 5.73 Å². The molecule has 3 rings (SSSR count). The van der Waals surface area contributed by atoms with E-state index in [0.717, 1.165) is 42.7 Å². The molecule has 1 aromatic heterocycles. The Hall–Kier alpha value is -2.38. The van der Waals surface area contributed by atoms with Crippen molar-refractivity contribution < 1.29 is 9.59 Å². The van der Waals surface area contributed by atoms with Crippen LogP contribution in [0.2, 0.25) is 0 Å². The highest BCUT2D eigenvalue weighted by Gasteiger charge is 2.18. The lowest BCUT2D eigenvalue weighted by Crippen LogP contribution is -2.41. The number of hydrogen-bond acceptors (Lipinski definition) is 4. The summed E-state index contributed by atoms with van der Waals surface area (Å²) < 4.78 is 0. The van der Waals surface area contributed by atoms with Crippen LogP contribution in [0.15, 0.2) is 41.1 Å². The highest BCUT2D eigenvalue weighted by molar-refractivity contribution is 7.07. The minimum absolute atomic E-state index is 0.0681. The van der Waals surface area contributed by atoms with Crippen LogP contribution in [0.4, 0.5) is 10.5 Å². The predicted octanol–water partition coefficient (Wildman–Crippen LogP) is 2.56. The molecule has 1 fully saturated rings. The molecule has 1 aromatic carbocycles. The predicted molar refractivity (Wildman–Crippen MR) is 104 cm³/mol. The summed E-state index contributed by atoms with van der Waals surface area (Å²) in [6, 6.07) is 8.84. The number of carbonyl (C=O) groups is 2. The molecule has 3 amide bonds. The van der Waals surface area contributed by atoms with Crippen molar-refractivity contribution >= 4 is 29.0 Å². The standard InChI is InChI=1S/C19H24N4O2S/c20-17(11-15-6-9-26-13-15)18(24)21-12-14-4-3-5-16(10-14)22-19(25)23-7-1-2-8-23/h3-6,9-10,13,17H,1-2,7-8,11-12,20H2,(H,21,24)(H,22,25). The Labute approximate surface area is 157 Å². The molecule has 0 aliphatic carbocycles. The Balaban J connectivity index is 1.50. The van der Waals surface area contributed by atoms with Crippen molar-refractivity contribution in [1.29, 1.82) is 0 Å². The summed E-state index contributed by atoms with van der Waals surface area (Å²) in [4.78, 5) is 26.1. The molecule has 2 aromatic rings. The molecule has 1 atom stereocenters. The van der Waals surface area contributed by atoms with Gasteiger partial charge in [-0.05, 0) is 59.3 Å². The van der Waals surface area contributed by atoms with E-state index in [0.29, 0.717) is 13.0 Å². The van der Waals surface area contributed by atoms with Gasteiger partial charge in [-0.3, -0.25) is 4.79 Å². The van der Waals surface area contributed by atoms with E-state index >= 15 is 0 Å². The first-order valence-corrected chi connectivity index (χ1v) is 9.75. The normalized spacial score (nSPS) is 14.9.